The Kier molecular flexibility index (Phi) is 26.9. The van der Waals surface area contributed by atoms with Gasteiger partial charge in [0.2, 0.25) is 0 Å². The minimum atomic E-state index is -2.52. The second-order valence-electron chi connectivity index (χ2n) is 28.0. The van der Waals surface area contributed by atoms with E-state index < -0.39 is 84.3 Å². The van der Waals surface area contributed by atoms with Crippen LogP contribution in [0.1, 0.15) is 167 Å². The standard InChI is InChI=1S/C58H116O9Si5/c1-25-26-27-28-29-30-31-32-33-34-36-41-47(68(15,16)46-39-37-35-38-40-46)42-49(62-45-60-14)48(59)43-61-54-53(67-72(23,24)58(11,12)13)52(66-71(21,22)57(8,9)10)51(65-70(19,20)56(5,6)7)50(64-54)44-63-69(17,18)55(2,3)4/h35,37-40,42,48-54,59H,25-34,36,41,43-45H2,1-24H3/b47-42-/t48-,49-,50+,51+,52-,53+,54+/m0/s1. The molecule has 1 fully saturated rings. The van der Waals surface area contributed by atoms with Gasteiger partial charge in [0.25, 0.3) is 0 Å². The number of rotatable bonds is 31. The topological polar surface area (TPSA) is 94.1 Å². The van der Waals surface area contributed by atoms with Crippen LogP contribution in [0.15, 0.2) is 41.6 Å². The van der Waals surface area contributed by atoms with Crippen molar-refractivity contribution in [3.8, 4) is 0 Å². The van der Waals surface area contributed by atoms with Crippen LogP contribution in [0.2, 0.25) is 85.6 Å². The second kappa shape index (κ2) is 28.5. The van der Waals surface area contributed by atoms with E-state index in [4.69, 9.17) is 36.7 Å². The first-order chi connectivity index (χ1) is 32.9. The quantitative estimate of drug-likeness (QED) is 0.0443. The maximum atomic E-state index is 12.5. The summed E-state index contributed by atoms with van der Waals surface area (Å²) in [6, 6.07) is 10.9. The van der Waals surface area contributed by atoms with Crippen molar-refractivity contribution in [3.63, 3.8) is 0 Å². The van der Waals surface area contributed by atoms with Crippen LogP contribution in [0, 0.1) is 0 Å². The molecule has 1 aliphatic heterocycles. The molecular weight excluding hydrogens is 981 g/mol. The Morgan fingerprint density at radius 1 is 0.597 bits per heavy atom. The molecular formula is C58H116O9Si5. The molecule has 0 spiro atoms. The molecule has 0 aromatic heterocycles. The maximum absolute atomic E-state index is 12.5. The smallest absolute Gasteiger partial charge is 0.192 e. The molecule has 1 heterocycles. The molecule has 0 saturated carbocycles. The summed E-state index contributed by atoms with van der Waals surface area (Å²) in [5, 5.41) is 14.9. The molecule has 2 rings (SSSR count). The van der Waals surface area contributed by atoms with Crippen LogP contribution < -0.4 is 5.19 Å². The van der Waals surface area contributed by atoms with Crippen LogP contribution in [0.3, 0.4) is 0 Å². The summed E-state index contributed by atoms with van der Waals surface area (Å²) in [7, 11) is -10.3. The molecule has 14 heteroatoms. The van der Waals surface area contributed by atoms with E-state index in [-0.39, 0.29) is 33.6 Å². The van der Waals surface area contributed by atoms with Crippen molar-refractivity contribution in [1.29, 1.82) is 0 Å². The summed E-state index contributed by atoms with van der Waals surface area (Å²) in [4.78, 5) is 0. The fourth-order valence-corrected chi connectivity index (χ4v) is 15.8. The van der Waals surface area contributed by atoms with Crippen molar-refractivity contribution in [2.45, 2.75) is 296 Å². The second-order valence-corrected chi connectivity index (χ2v) is 51.6. The molecule has 72 heavy (non-hydrogen) atoms. The molecule has 0 amide bonds. The van der Waals surface area contributed by atoms with Crippen LogP contribution in [0.5, 0.6) is 0 Å². The number of aliphatic hydroxyl groups is 1. The first-order valence-corrected chi connectivity index (χ1v) is 43.0. The van der Waals surface area contributed by atoms with Crippen molar-refractivity contribution in [2.24, 2.45) is 0 Å². The number of ether oxygens (including phenoxy) is 4. The van der Waals surface area contributed by atoms with Gasteiger partial charge in [0.1, 0.15) is 51.5 Å². The number of hydrogen-bond donors (Lipinski definition) is 1. The van der Waals surface area contributed by atoms with E-state index in [0.29, 0.717) is 6.61 Å². The lowest BCUT2D eigenvalue weighted by atomic mass is 9.99. The van der Waals surface area contributed by atoms with Gasteiger partial charge in [-0.15, -0.1) is 0 Å². The molecule has 422 valence electrons. The number of hydrogen-bond acceptors (Lipinski definition) is 9. The highest BCUT2D eigenvalue weighted by Gasteiger charge is 2.57. The van der Waals surface area contributed by atoms with E-state index in [9.17, 15) is 5.11 Å². The predicted octanol–water partition coefficient (Wildman–Crippen LogP) is 16.1. The largest absolute Gasteiger partial charge is 0.414 e. The van der Waals surface area contributed by atoms with Gasteiger partial charge in [-0.25, -0.2) is 0 Å². The summed E-state index contributed by atoms with van der Waals surface area (Å²) in [5.41, 5.74) is 0. The summed E-state index contributed by atoms with van der Waals surface area (Å²) in [6.07, 6.45) is 12.6. The summed E-state index contributed by atoms with van der Waals surface area (Å²) < 4.78 is 56.3. The molecule has 9 nitrogen and oxygen atoms in total. The number of methoxy groups -OCH3 is 1. The average Bonchev–Trinajstić information content (AvgIpc) is 3.24. The average molecular weight is 1100 g/mol. The van der Waals surface area contributed by atoms with Gasteiger partial charge in [0.05, 0.1) is 13.2 Å². The van der Waals surface area contributed by atoms with Crippen molar-refractivity contribution in [2.75, 3.05) is 27.1 Å². The van der Waals surface area contributed by atoms with E-state index in [0.717, 1.165) is 12.8 Å². The van der Waals surface area contributed by atoms with Crippen molar-refractivity contribution >= 4 is 46.5 Å². The first kappa shape index (κ1) is 67.8. The van der Waals surface area contributed by atoms with E-state index in [1.54, 1.807) is 7.11 Å². The van der Waals surface area contributed by atoms with Crippen LogP contribution >= 0.6 is 0 Å². The maximum Gasteiger partial charge on any atom is 0.192 e. The molecule has 0 unspecified atom stereocenters. The van der Waals surface area contributed by atoms with Crippen LogP contribution in [-0.4, -0.2) is 116 Å². The van der Waals surface area contributed by atoms with Gasteiger partial charge in [0, 0.05) is 7.11 Å². The Bertz CT molecular complexity index is 1710. The molecule has 7 atom stereocenters. The highest BCUT2D eigenvalue weighted by Crippen LogP contribution is 2.47. The highest BCUT2D eigenvalue weighted by atomic mass is 28.4. The van der Waals surface area contributed by atoms with Gasteiger partial charge in [0.15, 0.2) is 39.6 Å². The molecule has 1 aromatic rings. The van der Waals surface area contributed by atoms with Crippen molar-refractivity contribution in [1.82, 2.24) is 0 Å². The van der Waals surface area contributed by atoms with Gasteiger partial charge >= 0.3 is 0 Å². The number of unbranched alkanes of at least 4 members (excludes halogenated alkanes) is 10. The zero-order valence-corrected chi connectivity index (χ0v) is 56.3. The molecule has 1 aromatic carbocycles. The Morgan fingerprint density at radius 2 is 1.03 bits per heavy atom. The number of allylic oxidation sites excluding steroid dienone is 1. The number of aliphatic hydroxyl groups excluding tert-OH is 1. The third-order valence-corrected chi connectivity index (χ3v) is 39.3. The van der Waals surface area contributed by atoms with Gasteiger partial charge in [-0.05, 0) is 85.4 Å². The lowest BCUT2D eigenvalue weighted by Crippen LogP contribution is -2.68. The van der Waals surface area contributed by atoms with E-state index in [2.05, 4.69) is 192 Å². The lowest BCUT2D eigenvalue weighted by Gasteiger charge is -2.55. The Hall–Kier alpha value is -0.316. The predicted molar refractivity (Wildman–Crippen MR) is 319 cm³/mol. The minimum Gasteiger partial charge on any atom is -0.414 e. The third kappa shape index (κ3) is 20.5. The summed E-state index contributed by atoms with van der Waals surface area (Å²) in [5.74, 6) is 0. The lowest BCUT2D eigenvalue weighted by molar-refractivity contribution is -0.297. The Balaban J connectivity index is 2.75. The fourth-order valence-electron chi connectivity index (χ4n) is 8.13. The normalized spacial score (nSPS) is 21.6. The van der Waals surface area contributed by atoms with E-state index in [1.165, 1.54) is 74.6 Å². The molecule has 0 bridgehead atoms. The molecule has 1 aliphatic rings. The van der Waals surface area contributed by atoms with Gasteiger partial charge < -0.3 is 41.8 Å². The van der Waals surface area contributed by atoms with Crippen LogP contribution in [-0.2, 0) is 36.7 Å². The van der Waals surface area contributed by atoms with Gasteiger partial charge in [-0.2, -0.15) is 0 Å². The van der Waals surface area contributed by atoms with Crippen molar-refractivity contribution < 1.29 is 41.8 Å². The SMILES string of the molecule is CCCCCCCCCCCCC/C(=C/[C@H](OCOC)[C@@H](O)CO[C@@H]1O[C@H](CO[Si](C)(C)C(C)(C)C)[C@@H](O[Si](C)(C)C(C)(C)C)[C@H](O[Si](C)(C)C(C)(C)C)[C@H]1O[Si](C)(C)C(C)(C)C)[Si](C)(C)c1ccccc1. The first-order valence-electron chi connectivity index (χ1n) is 28.4. The Morgan fingerprint density at radius 3 is 1.47 bits per heavy atom. The third-order valence-electron chi connectivity index (χ3n) is 17.6. The monoisotopic (exact) mass is 1100 g/mol. The van der Waals surface area contributed by atoms with Crippen LogP contribution in [0.4, 0.5) is 0 Å². The molecule has 0 radical (unpaired) electrons. The fraction of sp³-hybridized carbons (Fsp3) is 0.862. The minimum absolute atomic E-state index is 0.0166. The highest BCUT2D eigenvalue weighted by molar-refractivity contribution is 6.95. The van der Waals surface area contributed by atoms with E-state index >= 15 is 0 Å². The zero-order valence-electron chi connectivity index (χ0n) is 51.3. The number of benzene rings is 1. The summed E-state index contributed by atoms with van der Waals surface area (Å²) >= 11 is 0. The van der Waals surface area contributed by atoms with Gasteiger partial charge in [-0.1, -0.05) is 214 Å². The molecule has 0 aliphatic carbocycles. The summed E-state index contributed by atoms with van der Waals surface area (Å²) in [6.45, 7) is 53.2. The Labute approximate surface area is 450 Å². The zero-order chi connectivity index (χ0) is 55.2. The molecule has 1 N–H and O–H groups in total. The molecule has 1 saturated heterocycles. The van der Waals surface area contributed by atoms with Crippen molar-refractivity contribution in [3.05, 3.63) is 41.6 Å². The van der Waals surface area contributed by atoms with Crippen LogP contribution in [0.25, 0.3) is 0 Å². The van der Waals surface area contributed by atoms with Gasteiger partial charge in [-0.3, -0.25) is 0 Å². The van der Waals surface area contributed by atoms with E-state index in [1.807, 2.05) is 0 Å².